The molecule has 0 saturated carbocycles. The number of carbonyl (C=O) groups excluding carboxylic acids is 1. The predicted molar refractivity (Wildman–Crippen MR) is 59.1 cm³/mol. The molecule has 1 aromatic carbocycles. The number of alkyl halides is 3. The highest BCUT2D eigenvalue weighted by Crippen LogP contribution is 2.32. The van der Waals surface area contributed by atoms with Crippen LogP contribution in [0.25, 0.3) is 0 Å². The number of aromatic nitrogens is 1. The number of nitrogens with zero attached hydrogens (tertiary/aromatic N) is 1. The lowest BCUT2D eigenvalue weighted by Crippen LogP contribution is -2.14. The van der Waals surface area contributed by atoms with Gasteiger partial charge in [-0.25, -0.2) is 0 Å². The summed E-state index contributed by atoms with van der Waals surface area (Å²) >= 11 is 0. The summed E-state index contributed by atoms with van der Waals surface area (Å²) in [6, 6.07) is 9.21. The average molecular weight is 251 g/mol. The molecule has 0 fully saturated rings. The van der Waals surface area contributed by atoms with E-state index in [4.69, 9.17) is 0 Å². The monoisotopic (exact) mass is 251 g/mol. The summed E-state index contributed by atoms with van der Waals surface area (Å²) in [4.78, 5) is 15.7. The zero-order valence-electron chi connectivity index (χ0n) is 9.11. The van der Waals surface area contributed by atoms with E-state index in [1.165, 1.54) is 24.4 Å². The van der Waals surface area contributed by atoms with E-state index in [1.807, 2.05) is 0 Å². The first-order valence-electron chi connectivity index (χ1n) is 5.12. The van der Waals surface area contributed by atoms with Crippen LogP contribution >= 0.6 is 0 Å². The summed E-state index contributed by atoms with van der Waals surface area (Å²) in [6.07, 6.45) is -3.19. The molecule has 0 bridgehead atoms. The first-order chi connectivity index (χ1) is 8.50. The van der Waals surface area contributed by atoms with Gasteiger partial charge in [0.15, 0.2) is 0 Å². The Labute approximate surface area is 101 Å². The molecule has 0 aliphatic rings. The average Bonchev–Trinajstić information content (AvgIpc) is 2.38. The van der Waals surface area contributed by atoms with Gasteiger partial charge in [-0.15, -0.1) is 0 Å². The van der Waals surface area contributed by atoms with Crippen molar-refractivity contribution in [1.29, 1.82) is 0 Å². The molecule has 92 valence electrons. The summed E-state index contributed by atoms with van der Waals surface area (Å²) in [5.41, 5.74) is -1.33. The Morgan fingerprint density at radius 1 is 1.00 bits per heavy atom. The van der Waals surface area contributed by atoms with E-state index in [0.717, 1.165) is 12.1 Å². The molecule has 5 heteroatoms. The van der Waals surface area contributed by atoms with Crippen molar-refractivity contribution in [2.75, 3.05) is 0 Å². The van der Waals surface area contributed by atoms with Gasteiger partial charge in [-0.3, -0.25) is 9.78 Å². The van der Waals surface area contributed by atoms with Crippen molar-refractivity contribution in [3.05, 3.63) is 65.5 Å². The second kappa shape index (κ2) is 4.60. The lowest BCUT2D eigenvalue weighted by atomic mass is 10.0. The van der Waals surface area contributed by atoms with Crippen LogP contribution < -0.4 is 0 Å². The third kappa shape index (κ3) is 2.40. The highest BCUT2D eigenvalue weighted by molar-refractivity contribution is 6.08. The fourth-order valence-electron chi connectivity index (χ4n) is 1.56. The Hall–Kier alpha value is -2.17. The largest absolute Gasteiger partial charge is 0.417 e. The molecule has 1 heterocycles. The van der Waals surface area contributed by atoms with E-state index in [2.05, 4.69) is 4.98 Å². The van der Waals surface area contributed by atoms with Gasteiger partial charge in [0.2, 0.25) is 5.78 Å². The quantitative estimate of drug-likeness (QED) is 0.766. The highest BCUT2D eigenvalue weighted by Gasteiger charge is 2.35. The molecular formula is C13H8F3NO. The molecule has 0 aliphatic carbocycles. The molecule has 0 amide bonds. The number of halogens is 3. The number of pyridine rings is 1. The maximum atomic E-state index is 12.8. The van der Waals surface area contributed by atoms with E-state index < -0.39 is 17.5 Å². The van der Waals surface area contributed by atoms with E-state index in [1.54, 1.807) is 12.1 Å². The van der Waals surface area contributed by atoms with Gasteiger partial charge in [-0.2, -0.15) is 13.2 Å². The number of hydrogen-bond acceptors (Lipinski definition) is 2. The van der Waals surface area contributed by atoms with Crippen molar-refractivity contribution in [1.82, 2.24) is 4.98 Å². The summed E-state index contributed by atoms with van der Waals surface area (Å²) in [5, 5.41) is 0. The maximum Gasteiger partial charge on any atom is 0.417 e. The van der Waals surface area contributed by atoms with Gasteiger partial charge in [0.05, 0.1) is 5.56 Å². The van der Waals surface area contributed by atoms with Crippen LogP contribution in [0.15, 0.2) is 48.7 Å². The number of benzene rings is 1. The van der Waals surface area contributed by atoms with Crippen molar-refractivity contribution in [3.8, 4) is 0 Å². The summed E-state index contributed by atoms with van der Waals surface area (Å²) < 4.78 is 38.3. The Balaban J connectivity index is 2.50. The number of hydrogen-bond donors (Lipinski definition) is 0. The molecule has 0 unspecified atom stereocenters. The minimum Gasteiger partial charge on any atom is -0.287 e. The zero-order valence-corrected chi connectivity index (χ0v) is 9.11. The summed E-state index contributed by atoms with van der Waals surface area (Å²) in [5.74, 6) is -0.733. The summed E-state index contributed by atoms with van der Waals surface area (Å²) in [6.45, 7) is 0. The molecule has 0 radical (unpaired) electrons. The van der Waals surface area contributed by atoms with Crippen molar-refractivity contribution in [2.45, 2.75) is 6.18 Å². The van der Waals surface area contributed by atoms with Crippen LogP contribution in [0.3, 0.4) is 0 Å². The first kappa shape index (κ1) is 12.3. The van der Waals surface area contributed by atoms with Crippen LogP contribution in [0, 0.1) is 0 Å². The van der Waals surface area contributed by atoms with Crippen LogP contribution in [0.2, 0.25) is 0 Å². The van der Waals surface area contributed by atoms with Gasteiger partial charge in [0, 0.05) is 11.8 Å². The van der Waals surface area contributed by atoms with Crippen LogP contribution in [0.1, 0.15) is 21.6 Å². The lowest BCUT2D eigenvalue weighted by Gasteiger charge is -2.11. The molecular weight excluding hydrogens is 243 g/mol. The van der Waals surface area contributed by atoms with Gasteiger partial charge in [-0.1, -0.05) is 24.3 Å². The van der Waals surface area contributed by atoms with E-state index >= 15 is 0 Å². The fraction of sp³-hybridized carbons (Fsp3) is 0.0769. The highest BCUT2D eigenvalue weighted by atomic mass is 19.4. The Morgan fingerprint density at radius 2 is 1.67 bits per heavy atom. The molecule has 2 aromatic rings. The molecule has 1 aromatic heterocycles. The van der Waals surface area contributed by atoms with Gasteiger partial charge in [-0.05, 0) is 18.2 Å². The van der Waals surface area contributed by atoms with Crippen molar-refractivity contribution in [3.63, 3.8) is 0 Å². The molecule has 0 atom stereocenters. The molecule has 0 N–H and O–H groups in total. The number of ketones is 1. The fourth-order valence-corrected chi connectivity index (χ4v) is 1.56. The second-order valence-electron chi connectivity index (χ2n) is 3.59. The molecule has 0 saturated heterocycles. The SMILES string of the molecule is O=C(c1ccccn1)c1ccccc1C(F)(F)F. The second-order valence-corrected chi connectivity index (χ2v) is 3.59. The Morgan fingerprint density at radius 3 is 2.28 bits per heavy atom. The summed E-state index contributed by atoms with van der Waals surface area (Å²) in [7, 11) is 0. The smallest absolute Gasteiger partial charge is 0.287 e. The Kier molecular flexibility index (Phi) is 3.14. The molecule has 2 nitrogen and oxygen atoms in total. The van der Waals surface area contributed by atoms with Crippen LogP contribution in [-0.4, -0.2) is 10.8 Å². The van der Waals surface area contributed by atoms with E-state index in [-0.39, 0.29) is 11.3 Å². The van der Waals surface area contributed by atoms with Gasteiger partial charge >= 0.3 is 6.18 Å². The molecule has 18 heavy (non-hydrogen) atoms. The van der Waals surface area contributed by atoms with Gasteiger partial charge in [0.1, 0.15) is 5.69 Å². The van der Waals surface area contributed by atoms with E-state index in [9.17, 15) is 18.0 Å². The van der Waals surface area contributed by atoms with Crippen molar-refractivity contribution >= 4 is 5.78 Å². The minimum atomic E-state index is -4.55. The van der Waals surface area contributed by atoms with Gasteiger partial charge < -0.3 is 0 Å². The van der Waals surface area contributed by atoms with Crippen molar-refractivity contribution < 1.29 is 18.0 Å². The molecule has 0 spiro atoms. The first-order valence-corrected chi connectivity index (χ1v) is 5.12. The third-order valence-electron chi connectivity index (χ3n) is 2.37. The van der Waals surface area contributed by atoms with Crippen LogP contribution in [0.5, 0.6) is 0 Å². The third-order valence-corrected chi connectivity index (χ3v) is 2.37. The minimum absolute atomic E-state index is 0.00537. The van der Waals surface area contributed by atoms with E-state index in [0.29, 0.717) is 0 Å². The van der Waals surface area contributed by atoms with Crippen LogP contribution in [-0.2, 0) is 6.18 Å². The van der Waals surface area contributed by atoms with Gasteiger partial charge in [0.25, 0.3) is 0 Å². The molecule has 2 rings (SSSR count). The lowest BCUT2D eigenvalue weighted by molar-refractivity contribution is -0.137. The molecule has 0 aliphatic heterocycles. The Bertz CT molecular complexity index is 564. The normalized spacial score (nSPS) is 11.3. The standard InChI is InChI=1S/C13H8F3NO/c14-13(15,16)10-6-2-1-5-9(10)12(18)11-7-3-4-8-17-11/h1-8H. The maximum absolute atomic E-state index is 12.8. The number of carbonyl (C=O) groups is 1. The predicted octanol–water partition coefficient (Wildman–Crippen LogP) is 3.33. The topological polar surface area (TPSA) is 30.0 Å². The van der Waals surface area contributed by atoms with Crippen molar-refractivity contribution in [2.24, 2.45) is 0 Å². The number of rotatable bonds is 2. The zero-order chi connectivity index (χ0) is 13.2. The van der Waals surface area contributed by atoms with Crippen LogP contribution in [0.4, 0.5) is 13.2 Å².